The molecule has 0 N–H and O–H groups in total. The SMILES string of the molecule is COc1cccc(OCCN2CCN(c3ncccc3-c3cccnc3)CC2)c1. The largest absolute Gasteiger partial charge is 0.497 e. The maximum Gasteiger partial charge on any atom is 0.136 e. The van der Waals surface area contributed by atoms with Gasteiger partial charge < -0.3 is 14.4 Å². The smallest absolute Gasteiger partial charge is 0.136 e. The van der Waals surface area contributed by atoms with Gasteiger partial charge in [0.1, 0.15) is 23.9 Å². The molecule has 3 aromatic rings. The van der Waals surface area contributed by atoms with Gasteiger partial charge in [-0.3, -0.25) is 9.88 Å². The van der Waals surface area contributed by atoms with Crippen molar-refractivity contribution in [3.8, 4) is 22.6 Å². The van der Waals surface area contributed by atoms with Gasteiger partial charge in [-0.25, -0.2) is 4.98 Å². The number of hydrogen-bond acceptors (Lipinski definition) is 6. The van der Waals surface area contributed by atoms with Crippen molar-refractivity contribution in [2.24, 2.45) is 0 Å². The maximum absolute atomic E-state index is 5.89. The lowest BCUT2D eigenvalue weighted by atomic mass is 10.1. The summed E-state index contributed by atoms with van der Waals surface area (Å²) in [4.78, 5) is 13.7. The Balaban J connectivity index is 1.31. The molecule has 6 heteroatoms. The van der Waals surface area contributed by atoms with Crippen LogP contribution in [0.25, 0.3) is 11.1 Å². The Kier molecular flexibility index (Phi) is 6.22. The third kappa shape index (κ3) is 4.84. The zero-order chi connectivity index (χ0) is 19.9. The number of anilines is 1. The highest BCUT2D eigenvalue weighted by atomic mass is 16.5. The minimum Gasteiger partial charge on any atom is -0.497 e. The van der Waals surface area contributed by atoms with E-state index in [4.69, 9.17) is 9.47 Å². The van der Waals surface area contributed by atoms with E-state index in [1.807, 2.05) is 48.8 Å². The minimum absolute atomic E-state index is 0.664. The van der Waals surface area contributed by atoms with Crippen LogP contribution in [-0.4, -0.2) is 61.3 Å². The van der Waals surface area contributed by atoms with Crippen LogP contribution in [0.5, 0.6) is 11.5 Å². The predicted octanol–water partition coefficient (Wildman–Crippen LogP) is 3.35. The van der Waals surface area contributed by atoms with Gasteiger partial charge in [0.15, 0.2) is 0 Å². The van der Waals surface area contributed by atoms with Crippen molar-refractivity contribution >= 4 is 5.82 Å². The Morgan fingerprint density at radius 3 is 2.55 bits per heavy atom. The van der Waals surface area contributed by atoms with Gasteiger partial charge in [-0.2, -0.15) is 0 Å². The highest BCUT2D eigenvalue weighted by Crippen LogP contribution is 2.28. The summed E-state index contributed by atoms with van der Waals surface area (Å²) < 4.78 is 11.1. The van der Waals surface area contributed by atoms with Crippen LogP contribution in [-0.2, 0) is 0 Å². The summed E-state index contributed by atoms with van der Waals surface area (Å²) in [5.74, 6) is 2.70. The van der Waals surface area contributed by atoms with Crippen LogP contribution < -0.4 is 14.4 Å². The van der Waals surface area contributed by atoms with Gasteiger partial charge in [0.25, 0.3) is 0 Å². The number of nitrogens with zero attached hydrogens (tertiary/aromatic N) is 4. The fourth-order valence-electron chi connectivity index (χ4n) is 3.56. The molecule has 1 aliphatic rings. The molecule has 6 nitrogen and oxygen atoms in total. The molecule has 3 heterocycles. The van der Waals surface area contributed by atoms with Crippen LogP contribution in [0.4, 0.5) is 5.82 Å². The van der Waals surface area contributed by atoms with E-state index in [1.165, 1.54) is 0 Å². The van der Waals surface area contributed by atoms with Crippen LogP contribution in [0.3, 0.4) is 0 Å². The number of piperazine rings is 1. The van der Waals surface area contributed by atoms with E-state index in [1.54, 1.807) is 13.3 Å². The van der Waals surface area contributed by atoms with Crippen molar-refractivity contribution in [3.63, 3.8) is 0 Å². The molecule has 0 atom stereocenters. The maximum atomic E-state index is 5.89. The highest BCUT2D eigenvalue weighted by Gasteiger charge is 2.20. The molecule has 0 radical (unpaired) electrons. The number of rotatable bonds is 7. The van der Waals surface area contributed by atoms with Gasteiger partial charge in [0, 0.05) is 68.5 Å². The Morgan fingerprint density at radius 2 is 1.76 bits per heavy atom. The van der Waals surface area contributed by atoms with Gasteiger partial charge in [-0.1, -0.05) is 12.1 Å². The van der Waals surface area contributed by atoms with Gasteiger partial charge in [-0.15, -0.1) is 0 Å². The summed E-state index contributed by atoms with van der Waals surface area (Å²) in [5.41, 5.74) is 2.24. The van der Waals surface area contributed by atoms with E-state index < -0.39 is 0 Å². The summed E-state index contributed by atoms with van der Waals surface area (Å²) in [7, 11) is 1.67. The van der Waals surface area contributed by atoms with Crippen molar-refractivity contribution in [1.29, 1.82) is 0 Å². The molecular weight excluding hydrogens is 364 g/mol. The zero-order valence-electron chi connectivity index (χ0n) is 16.7. The van der Waals surface area contributed by atoms with Crippen LogP contribution in [0.1, 0.15) is 0 Å². The molecular formula is C23H26N4O2. The molecule has 1 fully saturated rings. The summed E-state index contributed by atoms with van der Waals surface area (Å²) >= 11 is 0. The molecule has 2 aromatic heterocycles. The molecule has 0 spiro atoms. The minimum atomic E-state index is 0.664. The average Bonchev–Trinajstić information content (AvgIpc) is 2.80. The van der Waals surface area contributed by atoms with Crippen molar-refractivity contribution in [3.05, 3.63) is 67.1 Å². The quantitative estimate of drug-likeness (QED) is 0.617. The van der Waals surface area contributed by atoms with Gasteiger partial charge >= 0.3 is 0 Å². The molecule has 0 unspecified atom stereocenters. The van der Waals surface area contributed by atoms with E-state index in [2.05, 4.69) is 31.9 Å². The molecule has 4 rings (SSSR count). The molecule has 0 aliphatic carbocycles. The standard InChI is InChI=1S/C23H26N4O2/c1-28-20-6-2-7-21(17-20)29-16-15-26-11-13-27(14-12-26)23-22(8-4-10-25-23)19-5-3-9-24-18-19/h2-10,17-18H,11-16H2,1H3. The Labute approximate surface area is 171 Å². The molecule has 1 saturated heterocycles. The molecule has 0 bridgehead atoms. The molecule has 0 saturated carbocycles. The predicted molar refractivity (Wildman–Crippen MR) is 115 cm³/mol. The fourth-order valence-corrected chi connectivity index (χ4v) is 3.56. The molecule has 1 aromatic carbocycles. The monoisotopic (exact) mass is 390 g/mol. The average molecular weight is 390 g/mol. The van der Waals surface area contributed by atoms with Gasteiger partial charge in [0.05, 0.1) is 7.11 Å². The molecule has 1 aliphatic heterocycles. The van der Waals surface area contributed by atoms with Crippen LogP contribution in [0, 0.1) is 0 Å². The first kappa shape index (κ1) is 19.2. The number of pyridine rings is 2. The Bertz CT molecular complexity index is 912. The number of hydrogen-bond donors (Lipinski definition) is 0. The van der Waals surface area contributed by atoms with E-state index in [-0.39, 0.29) is 0 Å². The van der Waals surface area contributed by atoms with Crippen LogP contribution in [0.15, 0.2) is 67.1 Å². The first-order valence-electron chi connectivity index (χ1n) is 9.93. The van der Waals surface area contributed by atoms with Crippen molar-refractivity contribution in [1.82, 2.24) is 14.9 Å². The normalized spacial score (nSPS) is 14.6. The lowest BCUT2D eigenvalue weighted by Crippen LogP contribution is -2.47. The van der Waals surface area contributed by atoms with Crippen molar-refractivity contribution in [2.45, 2.75) is 0 Å². The molecule has 0 amide bonds. The molecule has 29 heavy (non-hydrogen) atoms. The van der Waals surface area contributed by atoms with E-state index in [9.17, 15) is 0 Å². The third-order valence-corrected chi connectivity index (χ3v) is 5.15. The Hall–Kier alpha value is -3.12. The third-order valence-electron chi connectivity index (χ3n) is 5.15. The van der Waals surface area contributed by atoms with Gasteiger partial charge in [0.2, 0.25) is 0 Å². The number of methoxy groups -OCH3 is 1. The van der Waals surface area contributed by atoms with E-state index in [0.717, 1.165) is 61.2 Å². The highest BCUT2D eigenvalue weighted by molar-refractivity contribution is 5.75. The van der Waals surface area contributed by atoms with E-state index >= 15 is 0 Å². The number of ether oxygens (including phenoxy) is 2. The summed E-state index contributed by atoms with van der Waals surface area (Å²) in [5, 5.41) is 0. The lowest BCUT2D eigenvalue weighted by molar-refractivity contribution is 0.200. The fraction of sp³-hybridized carbons (Fsp3) is 0.304. The summed E-state index contributed by atoms with van der Waals surface area (Å²) in [6, 6.07) is 15.9. The second-order valence-corrected chi connectivity index (χ2v) is 6.97. The van der Waals surface area contributed by atoms with Crippen molar-refractivity contribution in [2.75, 3.05) is 51.3 Å². The summed E-state index contributed by atoms with van der Waals surface area (Å²) in [6.07, 6.45) is 5.56. The second-order valence-electron chi connectivity index (χ2n) is 6.97. The number of aromatic nitrogens is 2. The molecule has 150 valence electrons. The summed E-state index contributed by atoms with van der Waals surface area (Å²) in [6.45, 7) is 5.45. The second kappa shape index (κ2) is 9.39. The first-order valence-corrected chi connectivity index (χ1v) is 9.93. The lowest BCUT2D eigenvalue weighted by Gasteiger charge is -2.36. The van der Waals surface area contributed by atoms with Crippen LogP contribution >= 0.6 is 0 Å². The topological polar surface area (TPSA) is 50.7 Å². The van der Waals surface area contributed by atoms with E-state index in [0.29, 0.717) is 6.61 Å². The first-order chi connectivity index (χ1) is 14.3. The zero-order valence-corrected chi connectivity index (χ0v) is 16.7. The Morgan fingerprint density at radius 1 is 0.931 bits per heavy atom. The van der Waals surface area contributed by atoms with Gasteiger partial charge in [-0.05, 0) is 30.3 Å². The number of benzene rings is 1. The van der Waals surface area contributed by atoms with Crippen LogP contribution in [0.2, 0.25) is 0 Å². The van der Waals surface area contributed by atoms with Crippen molar-refractivity contribution < 1.29 is 9.47 Å².